The van der Waals surface area contributed by atoms with Gasteiger partial charge in [-0.1, -0.05) is 18.2 Å². The van der Waals surface area contributed by atoms with Crippen molar-refractivity contribution in [3.8, 4) is 0 Å². The van der Waals surface area contributed by atoms with Crippen LogP contribution in [0.5, 0.6) is 0 Å². The van der Waals surface area contributed by atoms with Gasteiger partial charge in [0, 0.05) is 6.04 Å². The third-order valence-corrected chi connectivity index (χ3v) is 1.99. The first-order valence-electron chi connectivity index (χ1n) is 4.32. The Balaban J connectivity index is 3.02. The Kier molecular flexibility index (Phi) is 3.41. The van der Waals surface area contributed by atoms with Crippen LogP contribution in [-0.2, 0) is 4.79 Å². The second-order valence-electron chi connectivity index (χ2n) is 3.10. The SMILES string of the molecule is NC(CC(=O)O)c1ccccc1C(=O)O. The van der Waals surface area contributed by atoms with E-state index < -0.39 is 18.0 Å². The number of carboxylic acid groups (broad SMARTS) is 2. The van der Waals surface area contributed by atoms with E-state index in [0.29, 0.717) is 5.56 Å². The Morgan fingerprint density at radius 1 is 1.27 bits per heavy atom. The van der Waals surface area contributed by atoms with Crippen molar-refractivity contribution in [2.45, 2.75) is 12.5 Å². The van der Waals surface area contributed by atoms with Gasteiger partial charge in [0.15, 0.2) is 0 Å². The van der Waals surface area contributed by atoms with Gasteiger partial charge >= 0.3 is 11.9 Å². The molecule has 0 aliphatic rings. The molecule has 4 N–H and O–H groups in total. The lowest BCUT2D eigenvalue weighted by atomic mass is 9.99. The van der Waals surface area contributed by atoms with Gasteiger partial charge in [-0.15, -0.1) is 0 Å². The zero-order chi connectivity index (χ0) is 11.4. The second-order valence-corrected chi connectivity index (χ2v) is 3.10. The van der Waals surface area contributed by atoms with Gasteiger partial charge in [0.05, 0.1) is 12.0 Å². The van der Waals surface area contributed by atoms with E-state index in [0.717, 1.165) is 0 Å². The van der Waals surface area contributed by atoms with Crippen molar-refractivity contribution >= 4 is 11.9 Å². The van der Waals surface area contributed by atoms with Crippen molar-refractivity contribution in [3.63, 3.8) is 0 Å². The summed E-state index contributed by atoms with van der Waals surface area (Å²) in [6.07, 6.45) is -0.287. The van der Waals surface area contributed by atoms with E-state index in [-0.39, 0.29) is 12.0 Å². The Labute approximate surface area is 86.1 Å². The highest BCUT2D eigenvalue weighted by atomic mass is 16.4. The maximum absolute atomic E-state index is 10.8. The molecule has 0 saturated heterocycles. The van der Waals surface area contributed by atoms with Crippen molar-refractivity contribution < 1.29 is 19.8 Å². The fourth-order valence-electron chi connectivity index (χ4n) is 1.31. The van der Waals surface area contributed by atoms with Gasteiger partial charge < -0.3 is 15.9 Å². The number of hydrogen-bond acceptors (Lipinski definition) is 3. The van der Waals surface area contributed by atoms with Gasteiger partial charge in [-0.3, -0.25) is 4.79 Å². The van der Waals surface area contributed by atoms with Crippen molar-refractivity contribution in [2.24, 2.45) is 5.73 Å². The number of benzene rings is 1. The number of carboxylic acids is 2. The molecule has 0 radical (unpaired) electrons. The monoisotopic (exact) mass is 209 g/mol. The predicted molar refractivity (Wildman–Crippen MR) is 52.6 cm³/mol. The summed E-state index contributed by atoms with van der Waals surface area (Å²) in [7, 11) is 0. The van der Waals surface area contributed by atoms with Crippen molar-refractivity contribution in [1.82, 2.24) is 0 Å². The molecular weight excluding hydrogens is 198 g/mol. The fourth-order valence-corrected chi connectivity index (χ4v) is 1.31. The lowest BCUT2D eigenvalue weighted by Gasteiger charge is -2.11. The molecule has 0 aliphatic carbocycles. The van der Waals surface area contributed by atoms with E-state index in [1.165, 1.54) is 12.1 Å². The minimum absolute atomic E-state index is 0.0475. The Morgan fingerprint density at radius 2 is 1.87 bits per heavy atom. The highest BCUT2D eigenvalue weighted by Gasteiger charge is 2.17. The van der Waals surface area contributed by atoms with E-state index in [9.17, 15) is 9.59 Å². The minimum Gasteiger partial charge on any atom is -0.481 e. The van der Waals surface area contributed by atoms with Gasteiger partial charge in [-0.05, 0) is 11.6 Å². The van der Waals surface area contributed by atoms with E-state index in [1.807, 2.05) is 0 Å². The molecule has 0 bridgehead atoms. The number of rotatable bonds is 4. The van der Waals surface area contributed by atoms with E-state index in [4.69, 9.17) is 15.9 Å². The average molecular weight is 209 g/mol. The number of hydrogen-bond donors (Lipinski definition) is 3. The molecule has 1 rings (SSSR count). The third kappa shape index (κ3) is 2.78. The lowest BCUT2D eigenvalue weighted by Crippen LogP contribution is -2.18. The van der Waals surface area contributed by atoms with E-state index in [1.54, 1.807) is 12.1 Å². The van der Waals surface area contributed by atoms with Crippen LogP contribution in [0.4, 0.5) is 0 Å². The summed E-state index contributed by atoms with van der Waals surface area (Å²) in [5.41, 5.74) is 5.98. The summed E-state index contributed by atoms with van der Waals surface area (Å²) in [6.45, 7) is 0. The van der Waals surface area contributed by atoms with Gasteiger partial charge in [-0.2, -0.15) is 0 Å². The van der Waals surface area contributed by atoms with Crippen molar-refractivity contribution in [3.05, 3.63) is 35.4 Å². The number of aromatic carboxylic acids is 1. The third-order valence-electron chi connectivity index (χ3n) is 1.99. The summed E-state index contributed by atoms with van der Waals surface area (Å²) >= 11 is 0. The molecule has 1 aromatic rings. The average Bonchev–Trinajstić information content (AvgIpc) is 2.16. The molecule has 1 atom stereocenters. The van der Waals surface area contributed by atoms with Crippen LogP contribution < -0.4 is 5.73 Å². The summed E-state index contributed by atoms with van der Waals surface area (Å²) in [4.78, 5) is 21.2. The molecule has 15 heavy (non-hydrogen) atoms. The first-order valence-corrected chi connectivity index (χ1v) is 4.32. The van der Waals surface area contributed by atoms with Gasteiger partial charge in [-0.25, -0.2) is 4.79 Å². The summed E-state index contributed by atoms with van der Waals surface area (Å²) in [6, 6.07) is 5.33. The molecule has 1 aromatic carbocycles. The number of aliphatic carboxylic acids is 1. The lowest BCUT2D eigenvalue weighted by molar-refractivity contribution is -0.137. The smallest absolute Gasteiger partial charge is 0.336 e. The first-order chi connectivity index (χ1) is 7.02. The Hall–Kier alpha value is -1.88. The van der Waals surface area contributed by atoms with E-state index in [2.05, 4.69) is 0 Å². The second kappa shape index (κ2) is 4.56. The van der Waals surface area contributed by atoms with Crippen LogP contribution in [0.2, 0.25) is 0 Å². The maximum Gasteiger partial charge on any atom is 0.336 e. The van der Waals surface area contributed by atoms with Crippen molar-refractivity contribution in [1.29, 1.82) is 0 Å². The largest absolute Gasteiger partial charge is 0.481 e. The van der Waals surface area contributed by atoms with Gasteiger partial charge in [0.25, 0.3) is 0 Å². The molecule has 0 heterocycles. The Morgan fingerprint density at radius 3 is 2.40 bits per heavy atom. The molecule has 0 aromatic heterocycles. The molecule has 0 fully saturated rings. The normalized spacial score (nSPS) is 12.1. The topological polar surface area (TPSA) is 101 Å². The van der Waals surface area contributed by atoms with Crippen LogP contribution in [0.1, 0.15) is 28.4 Å². The highest BCUT2D eigenvalue weighted by Crippen LogP contribution is 2.18. The molecule has 5 heteroatoms. The summed E-state index contributed by atoms with van der Waals surface area (Å²) in [5, 5.41) is 17.4. The number of nitrogens with two attached hydrogens (primary N) is 1. The van der Waals surface area contributed by atoms with Crippen LogP contribution in [0.3, 0.4) is 0 Å². The first kappa shape index (κ1) is 11.2. The van der Waals surface area contributed by atoms with Crippen LogP contribution in [-0.4, -0.2) is 22.2 Å². The van der Waals surface area contributed by atoms with Crippen LogP contribution in [0.15, 0.2) is 24.3 Å². The zero-order valence-corrected chi connectivity index (χ0v) is 7.88. The molecule has 5 nitrogen and oxygen atoms in total. The molecule has 0 saturated carbocycles. The Bertz CT molecular complexity index is 389. The van der Waals surface area contributed by atoms with Crippen LogP contribution in [0.25, 0.3) is 0 Å². The van der Waals surface area contributed by atoms with Gasteiger partial charge in [0.2, 0.25) is 0 Å². The highest BCUT2D eigenvalue weighted by molar-refractivity contribution is 5.89. The quantitative estimate of drug-likeness (QED) is 0.682. The predicted octanol–water partition coefficient (Wildman–Crippen LogP) is 0.859. The van der Waals surface area contributed by atoms with Gasteiger partial charge in [0.1, 0.15) is 0 Å². The van der Waals surface area contributed by atoms with Crippen LogP contribution >= 0.6 is 0 Å². The van der Waals surface area contributed by atoms with E-state index >= 15 is 0 Å². The molecule has 80 valence electrons. The molecule has 0 aliphatic heterocycles. The standard InChI is InChI=1S/C10H11NO4/c11-8(5-9(12)13)6-3-1-2-4-7(6)10(14)15/h1-4,8H,5,11H2,(H,12,13)(H,14,15). The minimum atomic E-state index is -1.11. The van der Waals surface area contributed by atoms with Crippen LogP contribution in [0, 0.1) is 0 Å². The zero-order valence-electron chi connectivity index (χ0n) is 7.88. The van der Waals surface area contributed by atoms with Crippen molar-refractivity contribution in [2.75, 3.05) is 0 Å². The molecular formula is C10H11NO4. The maximum atomic E-state index is 10.8. The fraction of sp³-hybridized carbons (Fsp3) is 0.200. The number of carbonyl (C=O) groups is 2. The molecule has 0 spiro atoms. The molecule has 0 amide bonds. The summed E-state index contributed by atoms with van der Waals surface area (Å²) in [5.74, 6) is -2.16. The molecule has 1 unspecified atom stereocenters. The summed E-state index contributed by atoms with van der Waals surface area (Å²) < 4.78 is 0.